The minimum Gasteiger partial charge on any atom is -0.492 e. The van der Waals surface area contributed by atoms with Crippen LogP contribution in [0.4, 0.5) is 0 Å². The van der Waals surface area contributed by atoms with Crippen LogP contribution in [0.3, 0.4) is 0 Å². The predicted molar refractivity (Wildman–Crippen MR) is 123 cm³/mol. The molecule has 0 unspecified atom stereocenters. The summed E-state index contributed by atoms with van der Waals surface area (Å²) in [5.74, 6) is -0.494. The molecule has 1 amide bonds. The molecule has 0 aromatic heterocycles. The molecule has 164 valence electrons. The lowest BCUT2D eigenvalue weighted by Gasteiger charge is -2.22. The van der Waals surface area contributed by atoms with Crippen molar-refractivity contribution in [3.8, 4) is 16.9 Å². The van der Waals surface area contributed by atoms with Crippen LogP contribution < -0.4 is 10.5 Å². The van der Waals surface area contributed by atoms with Crippen LogP contribution in [0.2, 0.25) is 0 Å². The number of hydrogen-bond acceptors (Lipinski definition) is 4. The Labute approximate surface area is 186 Å². The molecule has 0 radical (unpaired) electrons. The Morgan fingerprint density at radius 1 is 0.844 bits per heavy atom. The smallest absolute Gasteiger partial charge is 0.305 e. The second kappa shape index (κ2) is 10.8. The van der Waals surface area contributed by atoms with Gasteiger partial charge in [-0.1, -0.05) is 54.6 Å². The molecule has 0 bridgehead atoms. The lowest BCUT2D eigenvalue weighted by Crippen LogP contribution is -2.36. The van der Waals surface area contributed by atoms with Crippen LogP contribution in [0, 0.1) is 5.41 Å². The van der Waals surface area contributed by atoms with Gasteiger partial charge in [0.05, 0.1) is 13.0 Å². The van der Waals surface area contributed by atoms with Gasteiger partial charge in [-0.15, -0.1) is 0 Å². The van der Waals surface area contributed by atoms with E-state index in [1.807, 2.05) is 42.5 Å². The standard InChI is InChI=1S/C25H25N3O4/c26-24(27)20-8-6-18(7-9-20)19-10-12-22(13-11-19)32-17-16-28(15-14-23(29)30)25(31)21-4-2-1-3-5-21/h1-13H,14-17H2,(H3,26,27)(H,29,30). The molecule has 0 spiro atoms. The van der Waals surface area contributed by atoms with E-state index in [0.717, 1.165) is 11.1 Å². The molecule has 7 nitrogen and oxygen atoms in total. The highest BCUT2D eigenvalue weighted by Crippen LogP contribution is 2.23. The quantitative estimate of drug-likeness (QED) is 0.335. The number of hydrogen-bond donors (Lipinski definition) is 3. The molecule has 0 fully saturated rings. The largest absolute Gasteiger partial charge is 0.492 e. The van der Waals surface area contributed by atoms with Gasteiger partial charge in [0.15, 0.2) is 0 Å². The summed E-state index contributed by atoms with van der Waals surface area (Å²) in [5, 5.41) is 16.5. The predicted octanol–water partition coefficient (Wildman–Crippen LogP) is 3.63. The summed E-state index contributed by atoms with van der Waals surface area (Å²) in [7, 11) is 0. The van der Waals surface area contributed by atoms with Gasteiger partial charge in [-0.2, -0.15) is 0 Å². The van der Waals surface area contributed by atoms with Crippen molar-refractivity contribution in [2.75, 3.05) is 19.7 Å². The first-order chi connectivity index (χ1) is 15.4. The zero-order chi connectivity index (χ0) is 22.9. The number of amidine groups is 1. The first-order valence-corrected chi connectivity index (χ1v) is 10.2. The van der Waals surface area contributed by atoms with E-state index in [-0.39, 0.29) is 37.9 Å². The van der Waals surface area contributed by atoms with E-state index >= 15 is 0 Å². The van der Waals surface area contributed by atoms with Gasteiger partial charge >= 0.3 is 5.97 Å². The molecule has 0 saturated carbocycles. The molecular formula is C25H25N3O4. The van der Waals surface area contributed by atoms with E-state index in [4.69, 9.17) is 21.0 Å². The zero-order valence-electron chi connectivity index (χ0n) is 17.5. The van der Waals surface area contributed by atoms with Crippen molar-refractivity contribution < 1.29 is 19.4 Å². The van der Waals surface area contributed by atoms with Gasteiger partial charge in [0, 0.05) is 17.7 Å². The average molecular weight is 431 g/mol. The van der Waals surface area contributed by atoms with Gasteiger partial charge in [-0.3, -0.25) is 15.0 Å². The van der Waals surface area contributed by atoms with Gasteiger partial charge in [-0.25, -0.2) is 0 Å². The van der Waals surface area contributed by atoms with E-state index < -0.39 is 5.97 Å². The van der Waals surface area contributed by atoms with Crippen molar-refractivity contribution >= 4 is 17.7 Å². The van der Waals surface area contributed by atoms with Crippen molar-refractivity contribution in [1.29, 1.82) is 5.41 Å². The molecule has 3 aromatic rings. The topological polar surface area (TPSA) is 117 Å². The minimum atomic E-state index is -0.955. The van der Waals surface area contributed by atoms with Crippen molar-refractivity contribution in [1.82, 2.24) is 4.90 Å². The molecule has 3 rings (SSSR count). The normalized spacial score (nSPS) is 10.4. The molecule has 0 aliphatic rings. The minimum absolute atomic E-state index is 0.0310. The lowest BCUT2D eigenvalue weighted by molar-refractivity contribution is -0.137. The number of aliphatic carboxylic acids is 1. The number of amides is 1. The number of nitrogen functional groups attached to an aromatic ring is 1. The molecule has 3 aromatic carbocycles. The van der Waals surface area contributed by atoms with Crippen LogP contribution in [0.5, 0.6) is 5.75 Å². The van der Waals surface area contributed by atoms with Gasteiger partial charge in [0.2, 0.25) is 0 Å². The highest BCUT2D eigenvalue weighted by atomic mass is 16.5. The molecule has 4 N–H and O–H groups in total. The Hall–Kier alpha value is -4.13. The van der Waals surface area contributed by atoms with E-state index in [1.165, 1.54) is 4.90 Å². The molecule has 0 saturated heterocycles. The van der Waals surface area contributed by atoms with Crippen molar-refractivity contribution in [2.24, 2.45) is 5.73 Å². The number of benzene rings is 3. The van der Waals surface area contributed by atoms with E-state index in [0.29, 0.717) is 16.9 Å². The highest BCUT2D eigenvalue weighted by molar-refractivity contribution is 5.95. The van der Waals surface area contributed by atoms with Crippen molar-refractivity contribution in [3.63, 3.8) is 0 Å². The number of carboxylic acid groups (broad SMARTS) is 1. The maximum Gasteiger partial charge on any atom is 0.305 e. The Balaban J connectivity index is 1.59. The summed E-state index contributed by atoms with van der Waals surface area (Å²) in [6.07, 6.45) is -0.129. The molecule has 0 aliphatic heterocycles. The second-order valence-electron chi connectivity index (χ2n) is 7.17. The molecule has 0 atom stereocenters. The van der Waals surface area contributed by atoms with Gasteiger partial charge in [0.1, 0.15) is 18.2 Å². The summed E-state index contributed by atoms with van der Waals surface area (Å²) in [4.78, 5) is 25.2. The third-order valence-electron chi connectivity index (χ3n) is 4.92. The Morgan fingerprint density at radius 3 is 2.00 bits per heavy atom. The maximum absolute atomic E-state index is 12.7. The highest BCUT2D eigenvalue weighted by Gasteiger charge is 2.16. The third-order valence-corrected chi connectivity index (χ3v) is 4.92. The number of rotatable bonds is 10. The van der Waals surface area contributed by atoms with Gasteiger partial charge in [-0.05, 0) is 35.4 Å². The van der Waals surface area contributed by atoms with Crippen LogP contribution in [-0.2, 0) is 4.79 Å². The maximum atomic E-state index is 12.7. The van der Waals surface area contributed by atoms with Crippen LogP contribution in [0.25, 0.3) is 11.1 Å². The lowest BCUT2D eigenvalue weighted by atomic mass is 10.0. The van der Waals surface area contributed by atoms with Crippen LogP contribution in [0.15, 0.2) is 78.9 Å². The fourth-order valence-electron chi connectivity index (χ4n) is 3.17. The number of carbonyl (C=O) groups excluding carboxylic acids is 1. The number of nitrogens with two attached hydrogens (primary N) is 1. The second-order valence-corrected chi connectivity index (χ2v) is 7.17. The molecule has 32 heavy (non-hydrogen) atoms. The zero-order valence-corrected chi connectivity index (χ0v) is 17.5. The van der Waals surface area contributed by atoms with Crippen molar-refractivity contribution in [3.05, 3.63) is 90.0 Å². The molecular weight excluding hydrogens is 406 g/mol. The number of carbonyl (C=O) groups is 2. The first-order valence-electron chi connectivity index (χ1n) is 10.2. The first kappa shape index (κ1) is 22.6. The van der Waals surface area contributed by atoms with Gasteiger partial charge in [0.25, 0.3) is 5.91 Å². The molecule has 0 aliphatic carbocycles. The number of nitrogens with zero attached hydrogens (tertiary/aromatic N) is 1. The van der Waals surface area contributed by atoms with E-state index in [2.05, 4.69) is 0 Å². The molecule has 7 heteroatoms. The summed E-state index contributed by atoms with van der Waals surface area (Å²) in [6.45, 7) is 0.627. The Morgan fingerprint density at radius 2 is 1.44 bits per heavy atom. The number of carboxylic acids is 1. The Kier molecular flexibility index (Phi) is 7.59. The number of ether oxygens (including phenoxy) is 1. The summed E-state index contributed by atoms with van der Waals surface area (Å²) in [5.41, 5.74) is 8.66. The molecule has 0 heterocycles. The average Bonchev–Trinajstić information content (AvgIpc) is 2.81. The van der Waals surface area contributed by atoms with E-state index in [9.17, 15) is 9.59 Å². The summed E-state index contributed by atoms with van der Waals surface area (Å²) < 4.78 is 5.78. The SMILES string of the molecule is N=C(N)c1ccc(-c2ccc(OCCN(CCC(=O)O)C(=O)c3ccccc3)cc2)cc1. The Bertz CT molecular complexity index is 1060. The van der Waals surface area contributed by atoms with Crippen molar-refractivity contribution in [2.45, 2.75) is 6.42 Å². The fourth-order valence-corrected chi connectivity index (χ4v) is 3.17. The van der Waals surface area contributed by atoms with Crippen LogP contribution in [0.1, 0.15) is 22.3 Å². The van der Waals surface area contributed by atoms with Gasteiger partial charge < -0.3 is 20.5 Å². The van der Waals surface area contributed by atoms with Crippen LogP contribution in [-0.4, -0.2) is 47.4 Å². The summed E-state index contributed by atoms with van der Waals surface area (Å²) in [6, 6.07) is 23.7. The third kappa shape index (κ3) is 6.18. The number of nitrogens with one attached hydrogen (secondary N) is 1. The summed E-state index contributed by atoms with van der Waals surface area (Å²) >= 11 is 0. The monoisotopic (exact) mass is 431 g/mol. The van der Waals surface area contributed by atoms with E-state index in [1.54, 1.807) is 36.4 Å². The fraction of sp³-hybridized carbons (Fsp3) is 0.160. The van der Waals surface area contributed by atoms with Crippen LogP contribution >= 0.6 is 0 Å².